The summed E-state index contributed by atoms with van der Waals surface area (Å²) in [4.78, 5) is 22.0. The smallest absolute Gasteiger partial charge is 0.277 e. The molecule has 0 aliphatic rings. The second-order valence-electron chi connectivity index (χ2n) is 5.66. The van der Waals surface area contributed by atoms with E-state index in [9.17, 15) is 14.9 Å². The van der Waals surface area contributed by atoms with Gasteiger partial charge in [0, 0.05) is 28.8 Å². The molecule has 1 heterocycles. The van der Waals surface area contributed by atoms with Gasteiger partial charge in [0.25, 0.3) is 11.6 Å². The van der Waals surface area contributed by atoms with Crippen molar-refractivity contribution in [2.75, 3.05) is 6.61 Å². The van der Waals surface area contributed by atoms with E-state index < -0.39 is 10.8 Å². The van der Waals surface area contributed by atoms with E-state index in [-0.39, 0.29) is 18.0 Å². The normalized spacial score (nSPS) is 10.8. The number of furan rings is 1. The largest absolute Gasteiger partial charge is 0.482 e. The van der Waals surface area contributed by atoms with Crippen molar-refractivity contribution in [3.05, 3.63) is 80.5 Å². The lowest BCUT2D eigenvalue weighted by atomic mass is 10.1. The van der Waals surface area contributed by atoms with Crippen LogP contribution in [0.1, 0.15) is 5.76 Å². The molecule has 1 amide bonds. The number of carbonyl (C=O) groups is 1. The molecule has 0 aliphatic heterocycles. The molecule has 0 radical (unpaired) electrons. The molecular formula is C19H13Cl2N3O5. The van der Waals surface area contributed by atoms with Crippen molar-refractivity contribution in [3.8, 4) is 17.1 Å². The minimum absolute atomic E-state index is 0.00825. The molecule has 0 spiro atoms. The standard InChI is InChI=1S/C19H13Cl2N3O5/c20-13-3-7-16(21)18(9-13)28-11-19(25)23-22-10-15-6-8-17(29-15)12-1-4-14(5-2-12)24(26)27/h1-10H,11H2,(H,23,25)/b22-10+. The van der Waals surface area contributed by atoms with Crippen LogP contribution in [0.3, 0.4) is 0 Å². The fraction of sp³-hybridized carbons (Fsp3) is 0.0526. The third-order valence-corrected chi connectivity index (χ3v) is 4.17. The maximum atomic E-state index is 11.8. The fourth-order valence-corrected chi connectivity index (χ4v) is 2.59. The summed E-state index contributed by atoms with van der Waals surface area (Å²) in [5, 5.41) is 15.3. The van der Waals surface area contributed by atoms with Crippen molar-refractivity contribution in [1.29, 1.82) is 0 Å². The van der Waals surface area contributed by atoms with Gasteiger partial charge in [-0.15, -0.1) is 0 Å². The summed E-state index contributed by atoms with van der Waals surface area (Å²) in [5.74, 6) is 0.681. The molecule has 8 nitrogen and oxygen atoms in total. The van der Waals surface area contributed by atoms with Crippen LogP contribution in [-0.4, -0.2) is 23.7 Å². The quantitative estimate of drug-likeness (QED) is 0.330. The Balaban J connectivity index is 1.53. The Hall–Kier alpha value is -3.36. The SMILES string of the molecule is O=C(COc1cc(Cl)ccc1Cl)N/N=C/c1ccc(-c2ccc([N+](=O)[O-])cc2)o1. The molecule has 3 aromatic rings. The highest BCUT2D eigenvalue weighted by Gasteiger charge is 2.09. The van der Waals surface area contributed by atoms with E-state index in [1.807, 2.05) is 0 Å². The zero-order chi connectivity index (χ0) is 20.8. The molecular weight excluding hydrogens is 421 g/mol. The topological polar surface area (TPSA) is 107 Å². The number of hydrogen-bond donors (Lipinski definition) is 1. The first-order valence-corrected chi connectivity index (χ1v) is 8.92. The Bertz CT molecular complexity index is 1060. The van der Waals surface area contributed by atoms with Crippen LogP contribution >= 0.6 is 23.2 Å². The average Bonchev–Trinajstić information content (AvgIpc) is 3.17. The van der Waals surface area contributed by atoms with Crippen LogP contribution < -0.4 is 10.2 Å². The lowest BCUT2D eigenvalue weighted by Gasteiger charge is -2.07. The Morgan fingerprint density at radius 3 is 2.66 bits per heavy atom. The van der Waals surface area contributed by atoms with Crippen LogP contribution in [0.25, 0.3) is 11.3 Å². The first-order chi connectivity index (χ1) is 13.9. The van der Waals surface area contributed by atoms with Crippen LogP contribution in [0.15, 0.2) is 64.1 Å². The van der Waals surface area contributed by atoms with Gasteiger partial charge in [-0.05, 0) is 36.4 Å². The summed E-state index contributed by atoms with van der Waals surface area (Å²) >= 11 is 11.8. The number of nitro benzene ring substituents is 1. The first kappa shape index (κ1) is 20.4. The fourth-order valence-electron chi connectivity index (χ4n) is 2.26. The molecule has 148 valence electrons. The predicted octanol–water partition coefficient (Wildman–Crippen LogP) is 4.69. The summed E-state index contributed by atoms with van der Waals surface area (Å²) in [6.45, 7) is -0.302. The summed E-state index contributed by atoms with van der Waals surface area (Å²) in [6, 6.07) is 13.9. The Morgan fingerprint density at radius 1 is 1.17 bits per heavy atom. The van der Waals surface area contributed by atoms with Gasteiger partial charge in [-0.3, -0.25) is 14.9 Å². The van der Waals surface area contributed by atoms with E-state index in [4.69, 9.17) is 32.4 Å². The number of hydrogen-bond acceptors (Lipinski definition) is 6. The minimum atomic E-state index is -0.501. The van der Waals surface area contributed by atoms with E-state index >= 15 is 0 Å². The molecule has 29 heavy (non-hydrogen) atoms. The molecule has 0 aliphatic carbocycles. The molecule has 0 fully saturated rings. The van der Waals surface area contributed by atoms with Crippen molar-refractivity contribution in [2.45, 2.75) is 0 Å². The Kier molecular flexibility index (Phi) is 6.48. The zero-order valence-electron chi connectivity index (χ0n) is 14.7. The number of ether oxygens (including phenoxy) is 1. The van der Waals surface area contributed by atoms with Gasteiger partial charge in [0.1, 0.15) is 17.3 Å². The molecule has 0 unspecified atom stereocenters. The van der Waals surface area contributed by atoms with Gasteiger partial charge in [-0.2, -0.15) is 5.10 Å². The number of hydrazone groups is 1. The molecule has 0 atom stereocenters. The minimum Gasteiger partial charge on any atom is -0.482 e. The zero-order valence-corrected chi connectivity index (χ0v) is 16.2. The highest BCUT2D eigenvalue weighted by Crippen LogP contribution is 2.27. The number of benzene rings is 2. The maximum absolute atomic E-state index is 11.8. The molecule has 10 heteroatoms. The van der Waals surface area contributed by atoms with Crippen LogP contribution in [0.2, 0.25) is 10.0 Å². The summed E-state index contributed by atoms with van der Waals surface area (Å²) < 4.78 is 10.9. The van der Waals surface area contributed by atoms with Crippen molar-refractivity contribution in [2.24, 2.45) is 5.10 Å². The van der Waals surface area contributed by atoms with E-state index in [1.54, 1.807) is 36.4 Å². The van der Waals surface area contributed by atoms with Crippen molar-refractivity contribution in [3.63, 3.8) is 0 Å². The molecule has 0 bridgehead atoms. The maximum Gasteiger partial charge on any atom is 0.277 e. The summed E-state index contributed by atoms with van der Waals surface area (Å²) in [7, 11) is 0. The second kappa shape index (κ2) is 9.22. The predicted molar refractivity (Wildman–Crippen MR) is 108 cm³/mol. The van der Waals surface area contributed by atoms with Gasteiger partial charge in [-0.1, -0.05) is 23.2 Å². The van der Waals surface area contributed by atoms with E-state index in [0.717, 1.165) is 0 Å². The van der Waals surface area contributed by atoms with E-state index in [2.05, 4.69) is 10.5 Å². The number of non-ortho nitro benzene ring substituents is 1. The molecule has 0 saturated heterocycles. The van der Waals surface area contributed by atoms with Crippen LogP contribution in [-0.2, 0) is 4.79 Å². The van der Waals surface area contributed by atoms with Crippen LogP contribution in [0.5, 0.6) is 5.75 Å². The molecule has 1 N–H and O–H groups in total. The van der Waals surface area contributed by atoms with Crippen LogP contribution in [0.4, 0.5) is 5.69 Å². The number of nitrogens with one attached hydrogen (secondary N) is 1. The van der Waals surface area contributed by atoms with Crippen molar-refractivity contribution >= 4 is 41.0 Å². The highest BCUT2D eigenvalue weighted by molar-refractivity contribution is 6.34. The highest BCUT2D eigenvalue weighted by atomic mass is 35.5. The van der Waals surface area contributed by atoms with Gasteiger partial charge in [-0.25, -0.2) is 5.43 Å². The first-order valence-electron chi connectivity index (χ1n) is 8.17. The Labute approximate surface area is 174 Å². The Morgan fingerprint density at radius 2 is 1.93 bits per heavy atom. The van der Waals surface area contributed by atoms with Gasteiger partial charge >= 0.3 is 0 Å². The van der Waals surface area contributed by atoms with Gasteiger partial charge in [0.2, 0.25) is 0 Å². The van der Waals surface area contributed by atoms with Gasteiger partial charge < -0.3 is 9.15 Å². The molecule has 3 rings (SSSR count). The third kappa shape index (κ3) is 5.56. The number of nitrogens with zero attached hydrogens (tertiary/aromatic N) is 2. The average molecular weight is 434 g/mol. The monoisotopic (exact) mass is 433 g/mol. The number of amides is 1. The third-order valence-electron chi connectivity index (χ3n) is 3.62. The second-order valence-corrected chi connectivity index (χ2v) is 6.51. The summed E-state index contributed by atoms with van der Waals surface area (Å²) in [6.07, 6.45) is 1.32. The lowest BCUT2D eigenvalue weighted by Crippen LogP contribution is -2.24. The number of carbonyl (C=O) groups excluding carboxylic acids is 1. The van der Waals surface area contributed by atoms with Gasteiger partial charge in [0.05, 0.1) is 16.2 Å². The molecule has 1 aromatic heterocycles. The van der Waals surface area contributed by atoms with E-state index in [0.29, 0.717) is 27.1 Å². The number of rotatable bonds is 7. The van der Waals surface area contributed by atoms with Gasteiger partial charge in [0.15, 0.2) is 6.61 Å². The summed E-state index contributed by atoms with van der Waals surface area (Å²) in [5.41, 5.74) is 2.96. The van der Waals surface area contributed by atoms with Crippen molar-refractivity contribution < 1.29 is 18.9 Å². The number of nitro groups is 1. The molecule has 2 aromatic carbocycles. The number of halogens is 2. The van der Waals surface area contributed by atoms with Crippen molar-refractivity contribution in [1.82, 2.24) is 5.43 Å². The molecule has 0 saturated carbocycles. The van der Waals surface area contributed by atoms with Crippen LogP contribution in [0, 0.1) is 10.1 Å². The van der Waals surface area contributed by atoms with E-state index in [1.165, 1.54) is 24.4 Å². The lowest BCUT2D eigenvalue weighted by molar-refractivity contribution is -0.384.